The molecule has 0 spiro atoms. The number of hydrogen-bond donors (Lipinski definition) is 0. The smallest absolute Gasteiger partial charge is 0.141 e. The molecular formula is C14H13ClFN5S. The second-order valence-electron chi connectivity index (χ2n) is 4.85. The van der Waals surface area contributed by atoms with Gasteiger partial charge in [0.25, 0.3) is 0 Å². The molecule has 5 nitrogen and oxygen atoms in total. The van der Waals surface area contributed by atoms with Crippen LogP contribution in [0, 0.1) is 5.82 Å². The minimum absolute atomic E-state index is 0.0652. The number of nitrogens with zero attached hydrogens (tertiary/aromatic N) is 5. The van der Waals surface area contributed by atoms with Gasteiger partial charge in [0, 0.05) is 18.1 Å². The van der Waals surface area contributed by atoms with Crippen LogP contribution in [0.2, 0.25) is 5.02 Å². The fraction of sp³-hybridized carbons (Fsp3) is 0.214. The van der Waals surface area contributed by atoms with E-state index in [1.807, 2.05) is 18.6 Å². The van der Waals surface area contributed by atoms with Crippen LogP contribution in [0.3, 0.4) is 0 Å². The Bertz CT molecular complexity index is 758. The van der Waals surface area contributed by atoms with E-state index in [0.29, 0.717) is 12.2 Å². The van der Waals surface area contributed by atoms with Gasteiger partial charge in [-0.05, 0) is 25.2 Å². The third-order valence-corrected chi connectivity index (χ3v) is 4.08. The predicted octanol–water partition coefficient (Wildman–Crippen LogP) is 3.15. The van der Waals surface area contributed by atoms with Crippen molar-refractivity contribution in [2.75, 3.05) is 7.05 Å². The van der Waals surface area contributed by atoms with E-state index in [2.05, 4.69) is 20.2 Å². The highest BCUT2D eigenvalue weighted by Gasteiger charge is 2.09. The minimum atomic E-state index is -0.450. The van der Waals surface area contributed by atoms with E-state index in [9.17, 15) is 4.39 Å². The predicted molar refractivity (Wildman–Crippen MR) is 83.6 cm³/mol. The maximum Gasteiger partial charge on any atom is 0.141 e. The zero-order chi connectivity index (χ0) is 15.5. The molecule has 1 aromatic carbocycles. The first-order valence-electron chi connectivity index (χ1n) is 6.55. The van der Waals surface area contributed by atoms with Crippen molar-refractivity contribution in [2.24, 2.45) is 0 Å². The van der Waals surface area contributed by atoms with Crippen LogP contribution >= 0.6 is 22.9 Å². The number of aromatic nitrogens is 4. The molecule has 0 atom stereocenters. The van der Waals surface area contributed by atoms with Crippen LogP contribution in [0.15, 0.2) is 36.0 Å². The Morgan fingerprint density at radius 2 is 2.23 bits per heavy atom. The van der Waals surface area contributed by atoms with E-state index in [-0.39, 0.29) is 5.02 Å². The van der Waals surface area contributed by atoms with Crippen molar-refractivity contribution in [1.29, 1.82) is 0 Å². The molecule has 8 heteroatoms. The lowest BCUT2D eigenvalue weighted by molar-refractivity contribution is 0.314. The third-order valence-electron chi connectivity index (χ3n) is 3.03. The number of benzene rings is 1. The molecule has 0 radical (unpaired) electrons. The van der Waals surface area contributed by atoms with Gasteiger partial charge in [-0.1, -0.05) is 16.8 Å². The Kier molecular flexibility index (Phi) is 4.47. The van der Waals surface area contributed by atoms with Crippen molar-refractivity contribution in [1.82, 2.24) is 24.9 Å². The quantitative estimate of drug-likeness (QED) is 0.717. The lowest BCUT2D eigenvalue weighted by atomic mass is 10.3. The van der Waals surface area contributed by atoms with Gasteiger partial charge in [-0.3, -0.25) is 4.90 Å². The summed E-state index contributed by atoms with van der Waals surface area (Å²) in [7, 11) is 2.00. The van der Waals surface area contributed by atoms with Crippen LogP contribution in [0.5, 0.6) is 0 Å². The van der Waals surface area contributed by atoms with E-state index in [1.165, 1.54) is 12.1 Å². The van der Waals surface area contributed by atoms with Gasteiger partial charge < -0.3 is 0 Å². The van der Waals surface area contributed by atoms with E-state index >= 15 is 0 Å². The van der Waals surface area contributed by atoms with Crippen molar-refractivity contribution in [3.05, 3.63) is 57.5 Å². The fourth-order valence-electron chi connectivity index (χ4n) is 2.02. The lowest BCUT2D eigenvalue weighted by Gasteiger charge is -2.12. The maximum atomic E-state index is 13.2. The van der Waals surface area contributed by atoms with Gasteiger partial charge in [0.15, 0.2) is 0 Å². The Morgan fingerprint density at radius 3 is 2.95 bits per heavy atom. The molecule has 0 fully saturated rings. The molecule has 0 N–H and O–H groups in total. The molecule has 2 aromatic heterocycles. The van der Waals surface area contributed by atoms with Crippen LogP contribution < -0.4 is 0 Å². The van der Waals surface area contributed by atoms with E-state index in [0.717, 1.165) is 17.2 Å². The molecule has 2 heterocycles. The van der Waals surface area contributed by atoms with Gasteiger partial charge in [-0.2, -0.15) is 0 Å². The van der Waals surface area contributed by atoms with Crippen molar-refractivity contribution >= 4 is 22.9 Å². The molecule has 3 rings (SSSR count). The first kappa shape index (κ1) is 15.1. The van der Waals surface area contributed by atoms with Crippen LogP contribution in [0.4, 0.5) is 4.39 Å². The van der Waals surface area contributed by atoms with Crippen molar-refractivity contribution in [3.63, 3.8) is 0 Å². The van der Waals surface area contributed by atoms with Gasteiger partial charge in [-0.25, -0.2) is 14.1 Å². The van der Waals surface area contributed by atoms with Gasteiger partial charge in [0.2, 0.25) is 0 Å². The largest absolute Gasteiger partial charge is 0.294 e. The molecule has 0 unspecified atom stereocenters. The number of thiazole rings is 1. The van der Waals surface area contributed by atoms with Crippen molar-refractivity contribution < 1.29 is 4.39 Å². The SMILES string of the molecule is CN(Cc1cn(-c2ccc(F)c(Cl)c2)nn1)Cc1nccs1. The van der Waals surface area contributed by atoms with Crippen LogP contribution in [-0.2, 0) is 13.1 Å². The molecule has 0 saturated carbocycles. The summed E-state index contributed by atoms with van der Waals surface area (Å²) in [6, 6.07) is 4.45. The normalized spacial score (nSPS) is 11.3. The molecule has 0 aliphatic heterocycles. The Labute approximate surface area is 136 Å². The topological polar surface area (TPSA) is 46.8 Å². The first-order valence-corrected chi connectivity index (χ1v) is 7.81. The molecular weight excluding hydrogens is 325 g/mol. The zero-order valence-electron chi connectivity index (χ0n) is 11.8. The highest BCUT2D eigenvalue weighted by Crippen LogP contribution is 2.18. The summed E-state index contributed by atoms with van der Waals surface area (Å²) < 4.78 is 14.8. The molecule has 0 amide bonds. The summed E-state index contributed by atoms with van der Waals surface area (Å²) in [5.41, 5.74) is 1.49. The van der Waals surface area contributed by atoms with Crippen LogP contribution in [-0.4, -0.2) is 31.9 Å². The monoisotopic (exact) mass is 337 g/mol. The number of halogens is 2. The summed E-state index contributed by atoms with van der Waals surface area (Å²) in [4.78, 5) is 6.36. The fourth-order valence-corrected chi connectivity index (χ4v) is 2.89. The standard InChI is InChI=1S/C14H13ClFN5S/c1-20(9-14-17-4-5-22-14)7-10-8-21(19-18-10)11-2-3-13(16)12(15)6-11/h2-6,8H,7,9H2,1H3. The summed E-state index contributed by atoms with van der Waals surface area (Å²) >= 11 is 7.41. The Morgan fingerprint density at radius 1 is 1.36 bits per heavy atom. The molecule has 0 bridgehead atoms. The van der Waals surface area contributed by atoms with Crippen LogP contribution in [0.1, 0.15) is 10.7 Å². The van der Waals surface area contributed by atoms with Crippen LogP contribution in [0.25, 0.3) is 5.69 Å². The van der Waals surface area contributed by atoms with Crippen molar-refractivity contribution in [2.45, 2.75) is 13.1 Å². The van der Waals surface area contributed by atoms with Gasteiger partial charge in [-0.15, -0.1) is 16.4 Å². The molecule has 0 saturated heterocycles. The summed E-state index contributed by atoms with van der Waals surface area (Å²) in [6.45, 7) is 1.40. The minimum Gasteiger partial charge on any atom is -0.294 e. The molecule has 0 aliphatic carbocycles. The van der Waals surface area contributed by atoms with Crippen molar-refractivity contribution in [3.8, 4) is 5.69 Å². The van der Waals surface area contributed by atoms with E-state index in [1.54, 1.807) is 28.3 Å². The van der Waals surface area contributed by atoms with E-state index in [4.69, 9.17) is 11.6 Å². The van der Waals surface area contributed by atoms with Gasteiger partial charge in [0.05, 0.1) is 29.1 Å². The molecule has 22 heavy (non-hydrogen) atoms. The summed E-state index contributed by atoms with van der Waals surface area (Å²) in [5.74, 6) is -0.450. The maximum absolute atomic E-state index is 13.2. The summed E-state index contributed by atoms with van der Waals surface area (Å²) in [6.07, 6.45) is 3.60. The molecule has 0 aliphatic rings. The van der Waals surface area contributed by atoms with Gasteiger partial charge in [0.1, 0.15) is 10.8 Å². The number of hydrogen-bond acceptors (Lipinski definition) is 5. The zero-order valence-corrected chi connectivity index (χ0v) is 13.4. The lowest BCUT2D eigenvalue weighted by Crippen LogP contribution is -2.17. The number of rotatable bonds is 5. The average molecular weight is 338 g/mol. The van der Waals surface area contributed by atoms with Gasteiger partial charge >= 0.3 is 0 Å². The third kappa shape index (κ3) is 3.49. The second-order valence-corrected chi connectivity index (χ2v) is 6.24. The van der Waals surface area contributed by atoms with E-state index < -0.39 is 5.82 Å². The second kappa shape index (κ2) is 6.51. The summed E-state index contributed by atoms with van der Waals surface area (Å²) in [5, 5.41) is 11.3. The highest BCUT2D eigenvalue weighted by molar-refractivity contribution is 7.09. The molecule has 3 aromatic rings. The molecule has 114 valence electrons. The Balaban J connectivity index is 1.69. The highest BCUT2D eigenvalue weighted by atomic mass is 35.5. The first-order chi connectivity index (χ1) is 10.6. The Hall–Kier alpha value is -1.83. The average Bonchev–Trinajstić information content (AvgIpc) is 3.13.